The van der Waals surface area contributed by atoms with Crippen LogP contribution in [0.5, 0.6) is 0 Å². The van der Waals surface area contributed by atoms with Crippen LogP contribution in [0.3, 0.4) is 0 Å². The van der Waals surface area contributed by atoms with Gasteiger partial charge in [0.15, 0.2) is 0 Å². The number of carboxylic acid groups (broad SMARTS) is 2. The number of amides is 1. The molecule has 1 amide bonds. The maximum Gasteiger partial charge on any atom is 0.490 e. The zero-order valence-electron chi connectivity index (χ0n) is 25.7. The van der Waals surface area contributed by atoms with Crippen LogP contribution in [0, 0.1) is 0 Å². The number of rotatable bonds is 6. The lowest BCUT2D eigenvalue weighted by Crippen LogP contribution is -2.21. The van der Waals surface area contributed by atoms with Gasteiger partial charge in [-0.15, -0.1) is 0 Å². The van der Waals surface area contributed by atoms with E-state index in [1.54, 1.807) is 73.8 Å². The molecule has 7 N–H and O–H groups in total. The van der Waals surface area contributed by atoms with Gasteiger partial charge in [0.1, 0.15) is 5.71 Å². The first kappa shape index (κ1) is 40.4. The molecule has 0 radical (unpaired) electrons. The highest BCUT2D eigenvalue weighted by Crippen LogP contribution is 2.31. The minimum absolute atomic E-state index is 0.169. The van der Waals surface area contributed by atoms with Crippen molar-refractivity contribution in [1.82, 2.24) is 9.71 Å². The number of carbonyl (C=O) groups is 3. The van der Waals surface area contributed by atoms with Gasteiger partial charge < -0.3 is 26.5 Å². The summed E-state index contributed by atoms with van der Waals surface area (Å²) in [6.45, 7) is 1.78. The Kier molecular flexibility index (Phi) is 13.4. The Bertz CT molecular complexity index is 1920. The van der Waals surface area contributed by atoms with Gasteiger partial charge in [0.25, 0.3) is 5.91 Å². The molecule has 0 atom stereocenters. The van der Waals surface area contributed by atoms with Crippen molar-refractivity contribution in [1.29, 1.82) is 0 Å². The van der Waals surface area contributed by atoms with Crippen molar-refractivity contribution in [3.63, 3.8) is 0 Å². The second kappa shape index (κ2) is 16.6. The summed E-state index contributed by atoms with van der Waals surface area (Å²) < 4.78 is 90.6. The molecule has 0 fully saturated rings. The van der Waals surface area contributed by atoms with Gasteiger partial charge in [0.2, 0.25) is 10.0 Å². The molecule has 4 rings (SSSR count). The van der Waals surface area contributed by atoms with Gasteiger partial charge in [0.05, 0.1) is 21.8 Å². The van der Waals surface area contributed by atoms with Crippen LogP contribution in [0.2, 0.25) is 0 Å². The fourth-order valence-electron chi connectivity index (χ4n) is 3.98. The van der Waals surface area contributed by atoms with E-state index in [9.17, 15) is 39.6 Å². The van der Waals surface area contributed by atoms with E-state index >= 15 is 0 Å². The van der Waals surface area contributed by atoms with Crippen molar-refractivity contribution in [2.75, 3.05) is 12.4 Å². The summed E-state index contributed by atoms with van der Waals surface area (Å²) in [7, 11) is -2.27. The smallest absolute Gasteiger partial charge is 0.475 e. The first-order chi connectivity index (χ1) is 23.1. The number of alkyl halides is 6. The summed E-state index contributed by atoms with van der Waals surface area (Å²) in [6.07, 6.45) is -6.43. The largest absolute Gasteiger partial charge is 0.490 e. The normalized spacial score (nSPS) is 14.0. The molecule has 1 aliphatic rings. The standard InChI is InChI=1S/C26H25N5O4S.2C2HF3O2/c1-16-19(13-14-22(31-33)24(16)27)25-21(7-5-15-29-25)26(32)30-18-11-9-17(10-12-18)20-6-3-4-8-23(20)36(34,35)28-2;2*3-2(4,5)1(6)7/h3-13,15,28,33H,14,27H2,1-2H3,(H,30,32);2*(H,6,7). The number of nitrogens with one attached hydrogen (secondary N) is 2. The number of hydrogen-bond acceptors (Lipinski definition) is 9. The Labute approximate surface area is 279 Å². The second-order valence-electron chi connectivity index (χ2n) is 9.65. The van der Waals surface area contributed by atoms with Gasteiger partial charge in [-0.3, -0.25) is 9.78 Å². The molecule has 0 saturated heterocycles. The lowest BCUT2D eigenvalue weighted by atomic mass is 9.90. The highest BCUT2D eigenvalue weighted by atomic mass is 32.2. The number of aliphatic carboxylic acids is 2. The molecule has 268 valence electrons. The summed E-state index contributed by atoms with van der Waals surface area (Å²) in [5.74, 6) is -5.88. The van der Waals surface area contributed by atoms with Crippen LogP contribution in [0.4, 0.5) is 32.0 Å². The number of anilines is 1. The van der Waals surface area contributed by atoms with Crippen molar-refractivity contribution >= 4 is 44.8 Å². The van der Waals surface area contributed by atoms with Crippen LogP contribution in [0.25, 0.3) is 16.7 Å². The van der Waals surface area contributed by atoms with Crippen LogP contribution < -0.4 is 15.8 Å². The number of benzene rings is 2. The zero-order chi connectivity index (χ0) is 38.0. The Morgan fingerprint density at radius 1 is 0.900 bits per heavy atom. The maximum absolute atomic E-state index is 13.2. The predicted molar refractivity (Wildman–Crippen MR) is 166 cm³/mol. The number of oxime groups is 1. The van der Waals surface area contributed by atoms with E-state index in [0.717, 1.165) is 0 Å². The number of nitrogens with two attached hydrogens (primary N) is 1. The minimum atomic E-state index is -5.08. The summed E-state index contributed by atoms with van der Waals surface area (Å²) in [5, 5.41) is 29.5. The number of allylic oxidation sites excluding steroid dienone is 4. The van der Waals surface area contributed by atoms with Gasteiger partial charge in [-0.2, -0.15) is 26.3 Å². The number of halogens is 6. The van der Waals surface area contributed by atoms with Crippen LogP contribution in [-0.2, 0) is 19.6 Å². The van der Waals surface area contributed by atoms with Gasteiger partial charge in [-0.1, -0.05) is 41.6 Å². The third-order valence-corrected chi connectivity index (χ3v) is 7.90. The average Bonchev–Trinajstić information content (AvgIpc) is 3.06. The highest BCUT2D eigenvalue weighted by Gasteiger charge is 2.39. The molecule has 0 unspecified atom stereocenters. The molecular weight excluding hydrogens is 704 g/mol. The molecule has 20 heteroatoms. The molecule has 1 aliphatic carbocycles. The molecule has 0 aliphatic heterocycles. The lowest BCUT2D eigenvalue weighted by molar-refractivity contribution is -0.193. The van der Waals surface area contributed by atoms with Crippen LogP contribution in [-0.4, -0.2) is 71.8 Å². The summed E-state index contributed by atoms with van der Waals surface area (Å²) in [5.41, 5.74) is 10.8. The van der Waals surface area contributed by atoms with E-state index in [-0.39, 0.29) is 10.8 Å². The van der Waals surface area contributed by atoms with Gasteiger partial charge in [-0.05, 0) is 55.4 Å². The summed E-state index contributed by atoms with van der Waals surface area (Å²) >= 11 is 0. The van der Waals surface area contributed by atoms with E-state index in [0.29, 0.717) is 57.0 Å². The molecule has 13 nitrogen and oxygen atoms in total. The Morgan fingerprint density at radius 2 is 1.44 bits per heavy atom. The van der Waals surface area contributed by atoms with E-state index in [4.69, 9.17) is 30.7 Å². The Balaban J connectivity index is 0.000000521. The molecule has 0 bridgehead atoms. The number of carbonyl (C=O) groups excluding carboxylic acids is 1. The van der Waals surface area contributed by atoms with Crippen LogP contribution in [0.15, 0.2) is 94.3 Å². The minimum Gasteiger partial charge on any atom is -0.475 e. The van der Waals surface area contributed by atoms with Crippen molar-refractivity contribution in [2.45, 2.75) is 30.6 Å². The second-order valence-corrected chi connectivity index (χ2v) is 11.5. The summed E-state index contributed by atoms with van der Waals surface area (Å²) in [6, 6.07) is 17.0. The maximum atomic E-state index is 13.2. The quantitative estimate of drug-likeness (QED) is 0.113. The molecular formula is C30H27F6N5O8S. The van der Waals surface area contributed by atoms with E-state index in [1.165, 1.54) is 7.05 Å². The monoisotopic (exact) mass is 731 g/mol. The fraction of sp³-hybridized carbons (Fsp3) is 0.167. The number of hydrogen-bond donors (Lipinski definition) is 6. The molecule has 0 saturated carbocycles. The average molecular weight is 732 g/mol. The first-order valence-corrected chi connectivity index (χ1v) is 15.0. The number of pyridine rings is 1. The zero-order valence-corrected chi connectivity index (χ0v) is 26.5. The van der Waals surface area contributed by atoms with Gasteiger partial charge >= 0.3 is 24.3 Å². The van der Waals surface area contributed by atoms with E-state index in [2.05, 4.69) is 20.2 Å². The highest BCUT2D eigenvalue weighted by molar-refractivity contribution is 7.89. The third-order valence-electron chi connectivity index (χ3n) is 6.43. The molecule has 3 aromatic rings. The summed E-state index contributed by atoms with van der Waals surface area (Å²) in [4.78, 5) is 35.6. The molecule has 0 spiro atoms. The van der Waals surface area contributed by atoms with Crippen molar-refractivity contribution in [3.8, 4) is 11.1 Å². The van der Waals surface area contributed by atoms with Crippen molar-refractivity contribution in [3.05, 3.63) is 95.5 Å². The molecule has 2 aromatic carbocycles. The van der Waals surface area contributed by atoms with Crippen molar-refractivity contribution < 1.29 is 64.6 Å². The SMILES string of the molecule is CNS(=O)(=O)c1ccccc1-c1ccc(NC(=O)c2cccnc2C2=CCC(=NO)C(N)=C2C)cc1.O=C(O)C(F)(F)F.O=C(O)C(F)(F)F. The number of aromatic nitrogens is 1. The van der Waals surface area contributed by atoms with Crippen LogP contribution >= 0.6 is 0 Å². The Hall–Kier alpha value is -5.76. The molecule has 1 heterocycles. The number of carboxylic acids is 2. The number of sulfonamides is 1. The van der Waals surface area contributed by atoms with Crippen LogP contribution in [0.1, 0.15) is 29.4 Å². The Morgan fingerprint density at radius 3 is 1.94 bits per heavy atom. The number of nitrogens with zero attached hydrogens (tertiary/aromatic N) is 2. The fourth-order valence-corrected chi connectivity index (χ4v) is 4.93. The van der Waals surface area contributed by atoms with E-state index < -0.39 is 34.3 Å². The lowest BCUT2D eigenvalue weighted by Gasteiger charge is -2.19. The first-order valence-electron chi connectivity index (χ1n) is 13.5. The molecule has 1 aromatic heterocycles. The molecule has 50 heavy (non-hydrogen) atoms. The van der Waals surface area contributed by atoms with E-state index in [1.807, 2.05) is 6.08 Å². The predicted octanol–water partition coefficient (Wildman–Crippen LogP) is 5.03. The third kappa shape index (κ3) is 10.6. The van der Waals surface area contributed by atoms with Gasteiger partial charge in [0, 0.05) is 29.4 Å². The van der Waals surface area contributed by atoms with Crippen molar-refractivity contribution in [2.24, 2.45) is 10.9 Å². The van der Waals surface area contributed by atoms with Gasteiger partial charge in [-0.25, -0.2) is 22.7 Å². The topological polar surface area (TPSA) is 221 Å².